The van der Waals surface area contributed by atoms with Gasteiger partial charge in [-0.05, 0) is 24.5 Å². The van der Waals surface area contributed by atoms with Crippen molar-refractivity contribution in [2.75, 3.05) is 5.73 Å². The molecular weight excluding hydrogens is 164 g/mol. The van der Waals surface area contributed by atoms with Gasteiger partial charge in [0.2, 0.25) is 0 Å². The van der Waals surface area contributed by atoms with Crippen molar-refractivity contribution in [1.82, 2.24) is 14.8 Å². The summed E-state index contributed by atoms with van der Waals surface area (Å²) in [4.78, 5) is 3.93. The third-order valence-corrected chi connectivity index (χ3v) is 1.50. The van der Waals surface area contributed by atoms with Crippen LogP contribution in [0.25, 0.3) is 5.82 Å². The van der Waals surface area contributed by atoms with Crippen LogP contribution < -0.4 is 5.73 Å². The molecule has 0 amide bonds. The zero-order valence-electron chi connectivity index (χ0n) is 11.7. The Morgan fingerprint density at radius 2 is 2.62 bits per heavy atom. The normalized spacial score (nSPS) is 16.8. The summed E-state index contributed by atoms with van der Waals surface area (Å²) in [6, 6.07) is 3.17. The van der Waals surface area contributed by atoms with E-state index in [0.29, 0.717) is 0 Å². The molecule has 13 heavy (non-hydrogen) atoms. The fourth-order valence-electron chi connectivity index (χ4n) is 0.943. The van der Waals surface area contributed by atoms with Gasteiger partial charge in [0, 0.05) is 16.5 Å². The molecule has 0 aliphatic heterocycles. The van der Waals surface area contributed by atoms with Crippen molar-refractivity contribution in [2.24, 2.45) is 0 Å². The molecule has 0 aliphatic rings. The molecule has 0 bridgehead atoms. The van der Waals surface area contributed by atoms with Crippen molar-refractivity contribution in [3.8, 4) is 5.82 Å². The number of pyridine rings is 1. The van der Waals surface area contributed by atoms with E-state index in [1.807, 2.05) is 0 Å². The van der Waals surface area contributed by atoms with Gasteiger partial charge in [-0.25, -0.2) is 9.67 Å². The third-order valence-electron chi connectivity index (χ3n) is 1.50. The van der Waals surface area contributed by atoms with Crippen molar-refractivity contribution in [3.05, 3.63) is 36.2 Å². The minimum Gasteiger partial charge on any atom is -0.396 e. The van der Waals surface area contributed by atoms with Crippen molar-refractivity contribution in [1.29, 1.82) is 0 Å². The van der Waals surface area contributed by atoms with Crippen LogP contribution in [0.4, 0.5) is 5.69 Å². The summed E-state index contributed by atoms with van der Waals surface area (Å²) in [5.74, 6) is 0.145. The van der Waals surface area contributed by atoms with Crippen LogP contribution >= 0.6 is 0 Å². The van der Waals surface area contributed by atoms with E-state index in [1.165, 1.54) is 6.20 Å². The molecule has 4 heteroatoms. The number of nitrogens with two attached hydrogens (primary N) is 1. The molecule has 2 rings (SSSR count). The van der Waals surface area contributed by atoms with E-state index in [0.717, 1.165) is 4.68 Å². The predicted molar refractivity (Wildman–Crippen MR) is 50.5 cm³/mol. The van der Waals surface area contributed by atoms with E-state index in [1.54, 1.807) is 12.1 Å². The first-order valence-corrected chi connectivity index (χ1v) is 3.60. The lowest BCUT2D eigenvalue weighted by atomic mass is 10.4. The summed E-state index contributed by atoms with van der Waals surface area (Å²) in [6.45, 7) is -2.56. The van der Waals surface area contributed by atoms with Crippen LogP contribution in [0.5, 0.6) is 0 Å². The standard InChI is InChI=1S/C9H10N4/c1-7-5-12-13(6-7)9-8(10)3-2-4-11-9/h2-6H,10H2,1H3/i1D3,5D,6D. The molecule has 0 atom stereocenters. The van der Waals surface area contributed by atoms with Crippen LogP contribution in [-0.2, 0) is 0 Å². The quantitative estimate of drug-likeness (QED) is 0.714. The fraction of sp³-hybridized carbons (Fsp3) is 0.111. The monoisotopic (exact) mass is 179 g/mol. The molecule has 4 nitrogen and oxygen atoms in total. The van der Waals surface area contributed by atoms with Crippen LogP contribution in [0.15, 0.2) is 30.7 Å². The summed E-state index contributed by atoms with van der Waals surface area (Å²) in [5.41, 5.74) is 5.53. The van der Waals surface area contributed by atoms with E-state index in [4.69, 9.17) is 12.6 Å². The topological polar surface area (TPSA) is 56.7 Å². The summed E-state index contributed by atoms with van der Waals surface area (Å²) in [5, 5.41) is 3.70. The van der Waals surface area contributed by atoms with E-state index >= 15 is 0 Å². The molecule has 0 saturated carbocycles. The molecule has 2 heterocycles. The number of nitrogens with zero attached hydrogens (tertiary/aromatic N) is 3. The summed E-state index contributed by atoms with van der Waals surface area (Å²) < 4.78 is 38.1. The van der Waals surface area contributed by atoms with E-state index in [-0.39, 0.29) is 11.5 Å². The molecule has 0 radical (unpaired) electrons. The van der Waals surface area contributed by atoms with Gasteiger partial charge in [-0.3, -0.25) is 0 Å². The van der Waals surface area contributed by atoms with Gasteiger partial charge in [0.25, 0.3) is 0 Å². The number of anilines is 1. The van der Waals surface area contributed by atoms with Crippen LogP contribution in [0.1, 0.15) is 12.4 Å². The first-order chi connectivity index (χ1) is 8.32. The zero-order chi connectivity index (χ0) is 13.5. The lowest BCUT2D eigenvalue weighted by molar-refractivity contribution is 0.849. The minimum absolute atomic E-state index is 0.145. The average molecular weight is 179 g/mol. The number of aromatic nitrogens is 3. The highest BCUT2D eigenvalue weighted by atomic mass is 15.3. The van der Waals surface area contributed by atoms with Crippen LogP contribution in [0.2, 0.25) is 0 Å². The highest BCUT2D eigenvalue weighted by Gasteiger charge is 2.02. The maximum absolute atomic E-state index is 7.78. The van der Waals surface area contributed by atoms with Gasteiger partial charge in [0.05, 0.1) is 14.6 Å². The predicted octanol–water partition coefficient (Wildman–Crippen LogP) is 1.16. The molecule has 0 spiro atoms. The first kappa shape index (κ1) is 3.91. The smallest absolute Gasteiger partial charge is 0.176 e. The Balaban J connectivity index is 2.66. The Bertz CT molecular complexity index is 589. The second-order valence-electron chi connectivity index (χ2n) is 2.43. The Labute approximate surface area is 83.0 Å². The van der Waals surface area contributed by atoms with Gasteiger partial charge in [-0.1, -0.05) is 0 Å². The maximum atomic E-state index is 7.78. The highest BCUT2D eigenvalue weighted by Crippen LogP contribution is 2.12. The summed E-state index contributed by atoms with van der Waals surface area (Å²) in [7, 11) is 0. The largest absolute Gasteiger partial charge is 0.396 e. The molecule has 0 fully saturated rings. The van der Waals surface area contributed by atoms with Gasteiger partial charge in [-0.2, -0.15) is 5.10 Å². The first-order valence-electron chi connectivity index (χ1n) is 6.10. The second kappa shape index (κ2) is 2.90. The van der Waals surface area contributed by atoms with Crippen LogP contribution in [0, 0.1) is 6.85 Å². The summed E-state index contributed by atoms with van der Waals surface area (Å²) in [6.07, 6.45) is 0.585. The zero-order valence-corrected chi connectivity index (χ0v) is 6.65. The molecule has 2 N–H and O–H groups in total. The molecule has 0 unspecified atom stereocenters. The Morgan fingerprint density at radius 1 is 1.69 bits per heavy atom. The summed E-state index contributed by atoms with van der Waals surface area (Å²) >= 11 is 0. The van der Waals surface area contributed by atoms with E-state index in [9.17, 15) is 0 Å². The van der Waals surface area contributed by atoms with E-state index in [2.05, 4.69) is 10.1 Å². The minimum atomic E-state index is -2.56. The lowest BCUT2D eigenvalue weighted by Crippen LogP contribution is -2.02. The number of hydrogen-bond acceptors (Lipinski definition) is 3. The Morgan fingerprint density at radius 3 is 3.31 bits per heavy atom. The van der Waals surface area contributed by atoms with E-state index < -0.39 is 24.8 Å². The Kier molecular flexibility index (Phi) is 0.871. The molecule has 0 aliphatic carbocycles. The van der Waals surface area contributed by atoms with Gasteiger partial charge < -0.3 is 5.73 Å². The van der Waals surface area contributed by atoms with Crippen molar-refractivity contribution in [3.63, 3.8) is 0 Å². The molecular formula is C9H10N4. The van der Waals surface area contributed by atoms with Gasteiger partial charge in [-0.15, -0.1) is 0 Å². The lowest BCUT2D eigenvalue weighted by Gasteiger charge is -2.02. The molecule has 0 saturated heterocycles. The maximum Gasteiger partial charge on any atom is 0.176 e. The van der Waals surface area contributed by atoms with Crippen LogP contribution in [0.3, 0.4) is 0 Å². The Hall–Kier alpha value is -1.84. The molecule has 2 aromatic heterocycles. The van der Waals surface area contributed by atoms with Gasteiger partial charge in [0.1, 0.15) is 0 Å². The van der Waals surface area contributed by atoms with Crippen molar-refractivity contribution in [2.45, 2.75) is 6.85 Å². The highest BCUT2D eigenvalue weighted by molar-refractivity contribution is 5.51. The second-order valence-corrected chi connectivity index (χ2v) is 2.43. The fourth-order valence-corrected chi connectivity index (χ4v) is 0.943. The number of hydrogen-bond donors (Lipinski definition) is 1. The SMILES string of the molecule is [2H]c1nn(-c2ncccc2N)c([2H])c1C([2H])([2H])[2H]. The number of rotatable bonds is 1. The number of nitrogen functional groups attached to an aromatic ring is 1. The molecule has 66 valence electrons. The molecule has 0 aromatic carbocycles. The van der Waals surface area contributed by atoms with Crippen molar-refractivity contribution >= 4 is 5.69 Å². The third kappa shape index (κ3) is 1.38. The molecule has 2 aromatic rings. The van der Waals surface area contributed by atoms with Crippen molar-refractivity contribution < 1.29 is 6.85 Å². The average Bonchev–Trinajstić information content (AvgIpc) is 2.54. The van der Waals surface area contributed by atoms with Gasteiger partial charge in [0.15, 0.2) is 5.82 Å². The van der Waals surface area contributed by atoms with Crippen LogP contribution in [-0.4, -0.2) is 14.8 Å². The van der Waals surface area contributed by atoms with Gasteiger partial charge >= 0.3 is 0 Å².